The number of hydrogen-bond donors (Lipinski definition) is 0. The van der Waals surface area contributed by atoms with Crippen molar-refractivity contribution < 1.29 is 31.1 Å². The zero-order chi connectivity index (χ0) is 22.1. The Morgan fingerprint density at radius 2 is 1.33 bits per heavy atom. The van der Waals surface area contributed by atoms with Gasteiger partial charge in [0.05, 0.1) is 24.7 Å². The van der Waals surface area contributed by atoms with Crippen LogP contribution >= 0.6 is 0 Å². The zero-order valence-corrected chi connectivity index (χ0v) is 17.3. The highest BCUT2D eigenvalue weighted by Crippen LogP contribution is 2.40. The molecule has 4 nitrogen and oxygen atoms in total. The molecule has 3 rings (SSSR count). The molecule has 30 heavy (non-hydrogen) atoms. The van der Waals surface area contributed by atoms with Crippen LogP contribution in [0.1, 0.15) is 5.56 Å². The standard InChI is InChI=1S/C22H19F3O4S/c1-28-20-11-6-15(12-21(20)29-2)18-10-7-16(22(23,24)25)13-19(18)14-4-8-17(9-5-14)30(3,26)27/h4-13H,1-3H3. The Morgan fingerprint density at radius 1 is 0.733 bits per heavy atom. The number of sulfone groups is 1. The smallest absolute Gasteiger partial charge is 0.416 e. The zero-order valence-electron chi connectivity index (χ0n) is 16.4. The molecule has 0 amide bonds. The topological polar surface area (TPSA) is 52.6 Å². The van der Waals surface area contributed by atoms with Gasteiger partial charge in [0.15, 0.2) is 21.3 Å². The molecule has 0 aliphatic rings. The molecule has 0 fully saturated rings. The van der Waals surface area contributed by atoms with Crippen molar-refractivity contribution in [3.05, 3.63) is 66.2 Å². The molecule has 0 bridgehead atoms. The van der Waals surface area contributed by atoms with Gasteiger partial charge in [-0.05, 0) is 58.7 Å². The van der Waals surface area contributed by atoms with E-state index in [4.69, 9.17) is 9.47 Å². The minimum absolute atomic E-state index is 0.0888. The lowest BCUT2D eigenvalue weighted by Gasteiger charge is -2.16. The second kappa shape index (κ2) is 8.02. The summed E-state index contributed by atoms with van der Waals surface area (Å²) in [7, 11) is -0.461. The van der Waals surface area contributed by atoms with Gasteiger partial charge in [0.25, 0.3) is 0 Å². The van der Waals surface area contributed by atoms with Crippen LogP contribution in [0.15, 0.2) is 65.6 Å². The molecular weight excluding hydrogens is 417 g/mol. The van der Waals surface area contributed by atoms with Crippen molar-refractivity contribution >= 4 is 9.84 Å². The molecule has 3 aromatic rings. The van der Waals surface area contributed by atoms with Crippen LogP contribution in [0.4, 0.5) is 13.2 Å². The highest BCUT2D eigenvalue weighted by Gasteiger charge is 2.31. The lowest BCUT2D eigenvalue weighted by molar-refractivity contribution is -0.137. The van der Waals surface area contributed by atoms with E-state index in [-0.39, 0.29) is 4.90 Å². The molecule has 0 unspecified atom stereocenters. The van der Waals surface area contributed by atoms with Gasteiger partial charge in [-0.2, -0.15) is 13.2 Å². The van der Waals surface area contributed by atoms with Crippen LogP contribution in [0.5, 0.6) is 11.5 Å². The predicted octanol–water partition coefficient (Wildman–Crippen LogP) is 5.46. The molecule has 0 N–H and O–H groups in total. The van der Waals surface area contributed by atoms with Crippen LogP contribution in [-0.4, -0.2) is 28.9 Å². The van der Waals surface area contributed by atoms with Gasteiger partial charge in [0.1, 0.15) is 0 Å². The first kappa shape index (κ1) is 21.7. The molecule has 8 heteroatoms. The van der Waals surface area contributed by atoms with E-state index >= 15 is 0 Å². The van der Waals surface area contributed by atoms with Gasteiger partial charge in [-0.3, -0.25) is 0 Å². The molecule has 0 saturated carbocycles. The fraction of sp³-hybridized carbons (Fsp3) is 0.182. The molecule has 0 heterocycles. The maximum Gasteiger partial charge on any atom is 0.416 e. The fourth-order valence-corrected chi connectivity index (χ4v) is 3.73. The van der Waals surface area contributed by atoms with Crippen molar-refractivity contribution in [2.75, 3.05) is 20.5 Å². The van der Waals surface area contributed by atoms with Gasteiger partial charge >= 0.3 is 6.18 Å². The number of benzene rings is 3. The first-order chi connectivity index (χ1) is 14.0. The minimum atomic E-state index is -4.52. The summed E-state index contributed by atoms with van der Waals surface area (Å²) in [6.07, 6.45) is -3.45. The summed E-state index contributed by atoms with van der Waals surface area (Å²) in [5.41, 5.74) is 1.14. The van der Waals surface area contributed by atoms with Crippen LogP contribution in [0, 0.1) is 0 Å². The molecule has 0 aromatic heterocycles. The Bertz CT molecular complexity index is 1170. The van der Waals surface area contributed by atoms with Gasteiger partial charge in [-0.15, -0.1) is 0 Å². The van der Waals surface area contributed by atoms with Gasteiger partial charge in [0, 0.05) is 6.26 Å². The van der Waals surface area contributed by atoms with Crippen LogP contribution < -0.4 is 9.47 Å². The summed E-state index contributed by atoms with van der Waals surface area (Å²) in [6.45, 7) is 0. The Hall–Kier alpha value is -3.00. The van der Waals surface area contributed by atoms with E-state index in [0.29, 0.717) is 33.8 Å². The minimum Gasteiger partial charge on any atom is -0.493 e. The van der Waals surface area contributed by atoms with Crippen LogP contribution in [0.3, 0.4) is 0 Å². The highest BCUT2D eigenvalue weighted by atomic mass is 32.2. The Balaban J connectivity index is 2.22. The molecule has 0 saturated heterocycles. The second-order valence-corrected chi connectivity index (χ2v) is 8.64. The molecule has 0 aliphatic heterocycles. The monoisotopic (exact) mass is 436 g/mol. The van der Waals surface area contributed by atoms with Crippen LogP contribution in [0.2, 0.25) is 0 Å². The van der Waals surface area contributed by atoms with Gasteiger partial charge in [-0.1, -0.05) is 24.3 Å². The number of ether oxygens (including phenoxy) is 2. The highest BCUT2D eigenvalue weighted by molar-refractivity contribution is 7.90. The van der Waals surface area contributed by atoms with Crippen molar-refractivity contribution in [1.82, 2.24) is 0 Å². The van der Waals surface area contributed by atoms with Crippen LogP contribution in [0.25, 0.3) is 22.3 Å². The average molecular weight is 436 g/mol. The lowest BCUT2D eigenvalue weighted by Crippen LogP contribution is -2.05. The maximum absolute atomic E-state index is 13.3. The Kier molecular flexibility index (Phi) is 5.81. The summed E-state index contributed by atoms with van der Waals surface area (Å²) < 4.78 is 74.0. The third-order valence-corrected chi connectivity index (χ3v) is 5.76. The molecule has 0 radical (unpaired) electrons. The summed E-state index contributed by atoms with van der Waals surface area (Å²) >= 11 is 0. The molecule has 0 spiro atoms. The summed E-state index contributed by atoms with van der Waals surface area (Å²) in [6, 6.07) is 14.3. The largest absolute Gasteiger partial charge is 0.493 e. The van der Waals surface area contributed by atoms with Crippen molar-refractivity contribution in [2.24, 2.45) is 0 Å². The number of hydrogen-bond acceptors (Lipinski definition) is 4. The number of alkyl halides is 3. The van der Waals surface area contributed by atoms with Crippen molar-refractivity contribution in [3.63, 3.8) is 0 Å². The van der Waals surface area contributed by atoms with E-state index in [9.17, 15) is 21.6 Å². The third-order valence-electron chi connectivity index (χ3n) is 4.63. The summed E-state index contributed by atoms with van der Waals surface area (Å²) in [4.78, 5) is 0.0888. The van der Waals surface area contributed by atoms with Gasteiger partial charge < -0.3 is 9.47 Å². The quantitative estimate of drug-likeness (QED) is 0.533. The molecular formula is C22H19F3O4S. The Labute approximate surface area is 172 Å². The normalized spacial score (nSPS) is 11.9. The SMILES string of the molecule is COc1ccc(-c2ccc(C(F)(F)F)cc2-c2ccc(S(C)(=O)=O)cc2)cc1OC. The fourth-order valence-electron chi connectivity index (χ4n) is 3.10. The number of methoxy groups -OCH3 is 2. The summed E-state index contributed by atoms with van der Waals surface area (Å²) in [5.74, 6) is 0.931. The maximum atomic E-state index is 13.3. The second-order valence-electron chi connectivity index (χ2n) is 6.62. The van der Waals surface area contributed by atoms with Crippen molar-refractivity contribution in [1.29, 1.82) is 0 Å². The first-order valence-electron chi connectivity index (χ1n) is 8.78. The predicted molar refractivity (Wildman–Crippen MR) is 109 cm³/mol. The van der Waals surface area contributed by atoms with Crippen molar-refractivity contribution in [2.45, 2.75) is 11.1 Å². The third kappa shape index (κ3) is 4.43. The van der Waals surface area contributed by atoms with E-state index in [1.54, 1.807) is 18.2 Å². The van der Waals surface area contributed by atoms with E-state index in [1.165, 1.54) is 44.6 Å². The van der Waals surface area contributed by atoms with E-state index < -0.39 is 21.6 Å². The molecule has 0 aliphatic carbocycles. The van der Waals surface area contributed by atoms with E-state index in [2.05, 4.69) is 0 Å². The van der Waals surface area contributed by atoms with E-state index in [1.807, 2.05) is 0 Å². The van der Waals surface area contributed by atoms with Gasteiger partial charge in [0.2, 0.25) is 0 Å². The average Bonchev–Trinajstić information content (AvgIpc) is 2.71. The molecule has 158 valence electrons. The lowest BCUT2D eigenvalue weighted by atomic mass is 9.92. The number of halogens is 3. The molecule has 0 atom stereocenters. The summed E-state index contributed by atoms with van der Waals surface area (Å²) in [5, 5.41) is 0. The van der Waals surface area contributed by atoms with E-state index in [0.717, 1.165) is 18.4 Å². The first-order valence-corrected chi connectivity index (χ1v) is 10.7. The van der Waals surface area contributed by atoms with Gasteiger partial charge in [-0.25, -0.2) is 8.42 Å². The Morgan fingerprint density at radius 3 is 1.87 bits per heavy atom. The molecule has 3 aromatic carbocycles. The van der Waals surface area contributed by atoms with Crippen LogP contribution in [-0.2, 0) is 16.0 Å². The number of rotatable bonds is 5. The van der Waals surface area contributed by atoms with Crippen molar-refractivity contribution in [3.8, 4) is 33.8 Å².